The molecule has 90 valence electrons. The van der Waals surface area contributed by atoms with Crippen LogP contribution < -0.4 is 21.7 Å². The van der Waals surface area contributed by atoms with E-state index in [1.807, 2.05) is 0 Å². The van der Waals surface area contributed by atoms with Gasteiger partial charge in [-0.25, -0.2) is 4.79 Å². The maximum Gasteiger partial charge on any atom is 0.328 e. The molecule has 0 fully saturated rings. The number of para-hydroxylation sites is 1. The highest BCUT2D eigenvalue weighted by atomic mass is 16.5. The Morgan fingerprint density at radius 2 is 2.18 bits per heavy atom. The molecule has 1 heterocycles. The van der Waals surface area contributed by atoms with Crippen molar-refractivity contribution in [3.8, 4) is 5.75 Å². The van der Waals surface area contributed by atoms with E-state index in [2.05, 4.69) is 4.98 Å². The van der Waals surface area contributed by atoms with Gasteiger partial charge in [0.25, 0.3) is 5.56 Å². The number of ether oxygens (including phenoxy) is 1. The van der Waals surface area contributed by atoms with Crippen LogP contribution in [0.25, 0.3) is 10.9 Å². The Balaban J connectivity index is 2.86. The van der Waals surface area contributed by atoms with Crippen LogP contribution in [0, 0.1) is 0 Å². The highest BCUT2D eigenvalue weighted by Crippen LogP contribution is 2.19. The minimum Gasteiger partial charge on any atom is -0.495 e. The number of rotatable bonds is 3. The lowest BCUT2D eigenvalue weighted by Gasteiger charge is -2.07. The first-order valence-electron chi connectivity index (χ1n) is 5.19. The molecule has 0 spiro atoms. The van der Waals surface area contributed by atoms with Crippen LogP contribution in [0.3, 0.4) is 0 Å². The van der Waals surface area contributed by atoms with Gasteiger partial charge in [-0.15, -0.1) is 0 Å². The quantitative estimate of drug-likeness (QED) is 0.761. The minimum absolute atomic E-state index is 0.196. The highest BCUT2D eigenvalue weighted by Gasteiger charge is 2.09. The van der Waals surface area contributed by atoms with Gasteiger partial charge in [0, 0.05) is 13.1 Å². The SMILES string of the molecule is COc1cccc2c(=O)n(CCN)c(=O)[nH]c12. The predicted molar refractivity (Wildman–Crippen MR) is 64.4 cm³/mol. The van der Waals surface area contributed by atoms with Gasteiger partial charge in [0.2, 0.25) is 0 Å². The molecule has 0 saturated heterocycles. The third-order valence-electron chi connectivity index (χ3n) is 2.55. The summed E-state index contributed by atoms with van der Waals surface area (Å²) in [4.78, 5) is 26.4. The Morgan fingerprint density at radius 1 is 1.41 bits per heavy atom. The molecular weight excluding hydrogens is 222 g/mol. The summed E-state index contributed by atoms with van der Waals surface area (Å²) in [5.41, 5.74) is 4.95. The molecule has 3 N–H and O–H groups in total. The maximum absolute atomic E-state index is 12.0. The van der Waals surface area contributed by atoms with Crippen LogP contribution in [-0.4, -0.2) is 23.2 Å². The van der Waals surface area contributed by atoms with E-state index in [-0.39, 0.29) is 18.6 Å². The standard InChI is InChI=1S/C11H13N3O3/c1-17-8-4-2-3-7-9(8)13-11(16)14(6-5-12)10(7)15/h2-4H,5-6,12H2,1H3,(H,13,16). The van der Waals surface area contributed by atoms with Gasteiger partial charge in [0.1, 0.15) is 5.75 Å². The lowest BCUT2D eigenvalue weighted by atomic mass is 10.2. The first-order valence-corrected chi connectivity index (χ1v) is 5.19. The van der Waals surface area contributed by atoms with Crippen LogP contribution in [0.4, 0.5) is 0 Å². The fourth-order valence-electron chi connectivity index (χ4n) is 1.75. The Bertz CT molecular complexity index is 657. The number of H-pyrrole nitrogens is 1. The summed E-state index contributed by atoms with van der Waals surface area (Å²) in [6.07, 6.45) is 0. The second-order valence-electron chi connectivity index (χ2n) is 3.56. The number of hydrogen-bond acceptors (Lipinski definition) is 4. The molecule has 0 saturated carbocycles. The highest BCUT2D eigenvalue weighted by molar-refractivity contribution is 5.83. The predicted octanol–water partition coefficient (Wildman–Crippen LogP) is -0.343. The van der Waals surface area contributed by atoms with Gasteiger partial charge in [-0.1, -0.05) is 6.07 Å². The molecule has 1 aromatic carbocycles. The third kappa shape index (κ3) is 1.83. The fraction of sp³-hybridized carbons (Fsp3) is 0.273. The van der Waals surface area contributed by atoms with Gasteiger partial charge in [0.05, 0.1) is 18.0 Å². The zero-order valence-corrected chi connectivity index (χ0v) is 9.40. The number of hydrogen-bond donors (Lipinski definition) is 2. The molecular formula is C11H13N3O3. The van der Waals surface area contributed by atoms with E-state index in [0.29, 0.717) is 16.7 Å². The Morgan fingerprint density at radius 3 is 2.82 bits per heavy atom. The van der Waals surface area contributed by atoms with E-state index in [4.69, 9.17) is 10.5 Å². The molecule has 6 heteroatoms. The molecule has 0 aliphatic heterocycles. The lowest BCUT2D eigenvalue weighted by Crippen LogP contribution is -2.37. The van der Waals surface area contributed by atoms with Crippen molar-refractivity contribution >= 4 is 10.9 Å². The summed E-state index contributed by atoms with van der Waals surface area (Å²) in [7, 11) is 1.48. The lowest BCUT2D eigenvalue weighted by molar-refractivity contribution is 0.418. The van der Waals surface area contributed by atoms with E-state index in [9.17, 15) is 9.59 Å². The van der Waals surface area contributed by atoms with Crippen LogP contribution in [0.5, 0.6) is 5.75 Å². The Labute approximate surface area is 96.6 Å². The van der Waals surface area contributed by atoms with Crippen LogP contribution in [0.2, 0.25) is 0 Å². The molecule has 0 aliphatic rings. The van der Waals surface area contributed by atoms with Crippen LogP contribution in [0.1, 0.15) is 0 Å². The molecule has 0 radical (unpaired) electrons. The first-order chi connectivity index (χ1) is 8.19. The van der Waals surface area contributed by atoms with Crippen molar-refractivity contribution in [1.29, 1.82) is 0 Å². The van der Waals surface area contributed by atoms with E-state index < -0.39 is 5.69 Å². The van der Waals surface area contributed by atoms with Gasteiger partial charge in [-0.2, -0.15) is 0 Å². The summed E-state index contributed by atoms with van der Waals surface area (Å²) in [6, 6.07) is 5.03. The summed E-state index contributed by atoms with van der Waals surface area (Å²) >= 11 is 0. The molecule has 2 rings (SSSR count). The van der Waals surface area contributed by atoms with Crippen LogP contribution in [0.15, 0.2) is 27.8 Å². The van der Waals surface area contributed by atoms with Gasteiger partial charge < -0.3 is 15.5 Å². The van der Waals surface area contributed by atoms with Crippen LogP contribution in [-0.2, 0) is 6.54 Å². The van der Waals surface area contributed by atoms with Gasteiger partial charge in [-0.3, -0.25) is 9.36 Å². The Kier molecular flexibility index (Phi) is 2.97. The molecule has 0 bridgehead atoms. The van der Waals surface area contributed by atoms with E-state index in [1.54, 1.807) is 18.2 Å². The summed E-state index contributed by atoms with van der Waals surface area (Å²) in [5.74, 6) is 0.469. The summed E-state index contributed by atoms with van der Waals surface area (Å²) < 4.78 is 6.18. The average Bonchev–Trinajstić information content (AvgIpc) is 2.34. The number of nitrogens with zero attached hydrogens (tertiary/aromatic N) is 1. The summed E-state index contributed by atoms with van der Waals surface area (Å²) in [6.45, 7) is 0.430. The zero-order chi connectivity index (χ0) is 12.4. The number of aromatic amines is 1. The number of methoxy groups -OCH3 is 1. The normalized spacial score (nSPS) is 10.7. The molecule has 0 aliphatic carbocycles. The summed E-state index contributed by atoms with van der Waals surface area (Å²) in [5, 5.41) is 0.414. The average molecular weight is 235 g/mol. The van der Waals surface area contributed by atoms with Crippen molar-refractivity contribution in [2.24, 2.45) is 5.73 Å². The van der Waals surface area contributed by atoms with Gasteiger partial charge in [0.15, 0.2) is 0 Å². The number of aromatic nitrogens is 2. The fourth-order valence-corrected chi connectivity index (χ4v) is 1.75. The van der Waals surface area contributed by atoms with E-state index in [0.717, 1.165) is 4.57 Å². The zero-order valence-electron chi connectivity index (χ0n) is 9.40. The number of benzene rings is 1. The number of nitrogens with two attached hydrogens (primary N) is 1. The monoisotopic (exact) mass is 235 g/mol. The Hall–Kier alpha value is -2.08. The van der Waals surface area contributed by atoms with Crippen molar-refractivity contribution in [1.82, 2.24) is 9.55 Å². The first kappa shape index (κ1) is 11.4. The molecule has 17 heavy (non-hydrogen) atoms. The van der Waals surface area contributed by atoms with Crippen molar-refractivity contribution in [3.05, 3.63) is 39.0 Å². The van der Waals surface area contributed by atoms with Gasteiger partial charge in [-0.05, 0) is 12.1 Å². The second kappa shape index (κ2) is 4.42. The van der Waals surface area contributed by atoms with E-state index >= 15 is 0 Å². The molecule has 1 aromatic heterocycles. The minimum atomic E-state index is -0.475. The van der Waals surface area contributed by atoms with Crippen molar-refractivity contribution in [2.45, 2.75) is 6.54 Å². The maximum atomic E-state index is 12.0. The second-order valence-corrected chi connectivity index (χ2v) is 3.56. The molecule has 0 amide bonds. The van der Waals surface area contributed by atoms with Crippen molar-refractivity contribution in [3.63, 3.8) is 0 Å². The van der Waals surface area contributed by atoms with E-state index in [1.165, 1.54) is 7.11 Å². The largest absolute Gasteiger partial charge is 0.495 e. The third-order valence-corrected chi connectivity index (χ3v) is 2.55. The van der Waals surface area contributed by atoms with Crippen LogP contribution >= 0.6 is 0 Å². The molecule has 0 atom stereocenters. The van der Waals surface area contributed by atoms with Crippen molar-refractivity contribution < 1.29 is 4.74 Å². The number of fused-ring (bicyclic) bond motifs is 1. The number of nitrogens with one attached hydrogen (secondary N) is 1. The van der Waals surface area contributed by atoms with Gasteiger partial charge >= 0.3 is 5.69 Å². The topological polar surface area (TPSA) is 90.1 Å². The molecule has 0 unspecified atom stereocenters. The smallest absolute Gasteiger partial charge is 0.328 e. The molecule has 6 nitrogen and oxygen atoms in total. The van der Waals surface area contributed by atoms with Crippen molar-refractivity contribution in [2.75, 3.05) is 13.7 Å². The molecule has 2 aromatic rings.